The second-order valence-electron chi connectivity index (χ2n) is 4.90. The second-order valence-corrected chi connectivity index (χ2v) is 4.90. The molecule has 6 nitrogen and oxygen atoms in total. The van der Waals surface area contributed by atoms with Crippen molar-refractivity contribution in [2.24, 2.45) is 4.99 Å². The first-order chi connectivity index (χ1) is 11.0. The van der Waals surface area contributed by atoms with Crippen LogP contribution in [0.3, 0.4) is 0 Å². The van der Waals surface area contributed by atoms with Gasteiger partial charge < -0.3 is 9.64 Å². The average molecular weight is 316 g/mol. The summed E-state index contributed by atoms with van der Waals surface area (Å²) >= 11 is 0. The number of aliphatic imine (C=N–C) groups is 1. The summed E-state index contributed by atoms with van der Waals surface area (Å²) in [6, 6.07) is 7.22. The van der Waals surface area contributed by atoms with Gasteiger partial charge in [-0.2, -0.15) is 4.98 Å². The van der Waals surface area contributed by atoms with Gasteiger partial charge in [0.15, 0.2) is 11.6 Å². The summed E-state index contributed by atoms with van der Waals surface area (Å²) in [5.41, 5.74) is 0.231. The lowest BCUT2D eigenvalue weighted by atomic mass is 10.2. The molecule has 0 aliphatic heterocycles. The highest BCUT2D eigenvalue weighted by Gasteiger charge is 2.05. The molecular formula is C16H17FN4O2. The molecule has 0 N–H and O–H groups in total. The van der Waals surface area contributed by atoms with E-state index in [1.54, 1.807) is 44.3 Å². The van der Waals surface area contributed by atoms with E-state index in [1.165, 1.54) is 12.5 Å². The average Bonchev–Trinajstić information content (AvgIpc) is 2.54. The van der Waals surface area contributed by atoms with Crippen LogP contribution in [0.25, 0.3) is 12.3 Å². The van der Waals surface area contributed by atoms with E-state index in [9.17, 15) is 9.18 Å². The zero-order valence-electron chi connectivity index (χ0n) is 13.1. The van der Waals surface area contributed by atoms with E-state index in [-0.39, 0.29) is 5.82 Å². The van der Waals surface area contributed by atoms with Crippen molar-refractivity contribution in [1.29, 1.82) is 0 Å². The molecule has 0 spiro atoms. The summed E-state index contributed by atoms with van der Waals surface area (Å²) < 4.78 is 20.0. The van der Waals surface area contributed by atoms with Crippen molar-refractivity contribution < 1.29 is 9.13 Å². The summed E-state index contributed by atoms with van der Waals surface area (Å²) in [5, 5.41) is 0. The zero-order valence-corrected chi connectivity index (χ0v) is 13.1. The van der Waals surface area contributed by atoms with Crippen LogP contribution in [-0.2, 0) is 0 Å². The Morgan fingerprint density at radius 3 is 2.61 bits per heavy atom. The van der Waals surface area contributed by atoms with Gasteiger partial charge in [0.2, 0.25) is 0 Å². The topological polar surface area (TPSA) is 59.7 Å². The van der Waals surface area contributed by atoms with Crippen LogP contribution in [-0.4, -0.2) is 42.0 Å². The van der Waals surface area contributed by atoms with Crippen molar-refractivity contribution in [2.75, 3.05) is 21.2 Å². The lowest BCUT2D eigenvalue weighted by Crippen LogP contribution is -2.19. The van der Waals surface area contributed by atoms with Gasteiger partial charge in [-0.15, -0.1) is 0 Å². The van der Waals surface area contributed by atoms with Crippen LogP contribution in [0.1, 0.15) is 5.56 Å². The first-order valence-electron chi connectivity index (χ1n) is 6.81. The maximum absolute atomic E-state index is 13.9. The third kappa shape index (κ3) is 4.50. The largest absolute Gasteiger partial charge is 0.497 e. The predicted molar refractivity (Wildman–Crippen MR) is 88.5 cm³/mol. The van der Waals surface area contributed by atoms with Gasteiger partial charge >= 0.3 is 5.69 Å². The highest BCUT2D eigenvalue weighted by Crippen LogP contribution is 2.13. The van der Waals surface area contributed by atoms with E-state index >= 15 is 0 Å². The summed E-state index contributed by atoms with van der Waals surface area (Å²) in [7, 11) is 5.06. The number of methoxy groups -OCH3 is 1. The molecule has 0 saturated carbocycles. The number of rotatable bonds is 5. The standard InChI is InChI=1S/C16H17FN4O2/c1-20(2)11-18-15-14(17)10-21(16(22)19-15)9-8-12-4-6-13(23-3)7-5-12/h4-11H,1-3H3/b9-8+,18-11+. The molecule has 0 aliphatic carbocycles. The highest BCUT2D eigenvalue weighted by atomic mass is 19.1. The Bertz CT molecular complexity index is 780. The van der Waals surface area contributed by atoms with Crippen LogP contribution in [0, 0.1) is 5.82 Å². The molecule has 0 bridgehead atoms. The number of nitrogens with zero attached hydrogens (tertiary/aromatic N) is 4. The van der Waals surface area contributed by atoms with Gasteiger partial charge in [0.05, 0.1) is 19.6 Å². The third-order valence-electron chi connectivity index (χ3n) is 2.84. The molecule has 0 fully saturated rings. The molecule has 0 unspecified atom stereocenters. The molecule has 1 heterocycles. The third-order valence-corrected chi connectivity index (χ3v) is 2.84. The van der Waals surface area contributed by atoms with Crippen molar-refractivity contribution in [2.45, 2.75) is 0 Å². The van der Waals surface area contributed by atoms with Crippen LogP contribution in [0.2, 0.25) is 0 Å². The normalized spacial score (nSPS) is 11.3. The fraction of sp³-hybridized carbons (Fsp3) is 0.188. The van der Waals surface area contributed by atoms with E-state index in [0.29, 0.717) is 0 Å². The summed E-state index contributed by atoms with van der Waals surface area (Å²) in [6.07, 6.45) is 5.55. The van der Waals surface area contributed by atoms with E-state index in [0.717, 1.165) is 22.1 Å². The van der Waals surface area contributed by atoms with E-state index in [2.05, 4.69) is 9.98 Å². The predicted octanol–water partition coefficient (Wildman–Crippen LogP) is 2.24. The summed E-state index contributed by atoms with van der Waals surface area (Å²) in [6.45, 7) is 0. The van der Waals surface area contributed by atoms with Crippen LogP contribution >= 0.6 is 0 Å². The Hall–Kier alpha value is -2.96. The van der Waals surface area contributed by atoms with E-state index < -0.39 is 11.5 Å². The van der Waals surface area contributed by atoms with E-state index in [4.69, 9.17) is 4.74 Å². The number of aromatic nitrogens is 2. The minimum atomic E-state index is -0.679. The zero-order chi connectivity index (χ0) is 16.8. The van der Waals surface area contributed by atoms with Crippen molar-refractivity contribution >= 4 is 24.4 Å². The minimum absolute atomic E-state index is 0.238. The summed E-state index contributed by atoms with van der Waals surface area (Å²) in [4.78, 5) is 20.9. The van der Waals surface area contributed by atoms with E-state index in [1.807, 2.05) is 12.1 Å². The fourth-order valence-electron chi connectivity index (χ4n) is 1.69. The SMILES string of the molecule is COc1ccc(/C=C/n2cc(F)c(/N=C/N(C)C)nc2=O)cc1. The maximum Gasteiger partial charge on any atom is 0.353 e. The van der Waals surface area contributed by atoms with Crippen LogP contribution in [0.5, 0.6) is 5.75 Å². The van der Waals surface area contributed by atoms with Crippen molar-refractivity contribution in [3.63, 3.8) is 0 Å². The van der Waals surface area contributed by atoms with Crippen molar-refractivity contribution in [3.05, 3.63) is 52.3 Å². The van der Waals surface area contributed by atoms with Gasteiger partial charge in [0.1, 0.15) is 5.75 Å². The quantitative estimate of drug-likeness (QED) is 0.627. The number of benzene rings is 1. The monoisotopic (exact) mass is 316 g/mol. The lowest BCUT2D eigenvalue weighted by Gasteiger charge is -2.03. The molecule has 0 atom stereocenters. The summed E-state index contributed by atoms with van der Waals surface area (Å²) in [5.74, 6) is -0.185. The maximum atomic E-state index is 13.9. The minimum Gasteiger partial charge on any atom is -0.497 e. The van der Waals surface area contributed by atoms with Gasteiger partial charge in [-0.1, -0.05) is 12.1 Å². The second kappa shape index (κ2) is 7.35. The Kier molecular flexibility index (Phi) is 5.24. The molecular weight excluding hydrogens is 299 g/mol. The molecule has 2 rings (SSSR count). The van der Waals surface area contributed by atoms with Crippen LogP contribution in [0.15, 0.2) is 40.2 Å². The molecule has 1 aromatic heterocycles. The first kappa shape index (κ1) is 16.4. The first-order valence-corrected chi connectivity index (χ1v) is 6.81. The number of ether oxygens (including phenoxy) is 1. The Labute approximate surface area is 133 Å². The smallest absolute Gasteiger partial charge is 0.353 e. The van der Waals surface area contributed by atoms with Gasteiger partial charge in [0.25, 0.3) is 0 Å². The molecule has 0 radical (unpaired) electrons. The molecule has 0 aliphatic rings. The number of halogens is 1. The van der Waals surface area contributed by atoms with Crippen molar-refractivity contribution in [1.82, 2.24) is 14.5 Å². The van der Waals surface area contributed by atoms with Gasteiger partial charge in [-0.05, 0) is 23.8 Å². The highest BCUT2D eigenvalue weighted by molar-refractivity contribution is 5.61. The molecule has 0 saturated heterocycles. The van der Waals surface area contributed by atoms with Crippen LogP contribution in [0.4, 0.5) is 10.2 Å². The fourth-order valence-corrected chi connectivity index (χ4v) is 1.69. The number of hydrogen-bond donors (Lipinski definition) is 0. The van der Waals surface area contributed by atoms with Crippen LogP contribution < -0.4 is 10.4 Å². The Morgan fingerprint density at radius 1 is 1.30 bits per heavy atom. The molecule has 7 heteroatoms. The molecule has 0 amide bonds. The van der Waals surface area contributed by atoms with Gasteiger partial charge in [0, 0.05) is 20.3 Å². The van der Waals surface area contributed by atoms with Crippen molar-refractivity contribution in [3.8, 4) is 5.75 Å². The molecule has 120 valence electrons. The Balaban J connectivity index is 2.24. The molecule has 2 aromatic rings. The van der Waals surface area contributed by atoms with Gasteiger partial charge in [-0.25, -0.2) is 14.2 Å². The molecule has 1 aromatic carbocycles. The number of hydrogen-bond acceptors (Lipinski definition) is 4. The lowest BCUT2D eigenvalue weighted by molar-refractivity contribution is 0.415. The van der Waals surface area contributed by atoms with Gasteiger partial charge in [-0.3, -0.25) is 4.57 Å². The molecule has 23 heavy (non-hydrogen) atoms. The Morgan fingerprint density at radius 2 is 2.00 bits per heavy atom.